The first kappa shape index (κ1) is 41.1. The van der Waals surface area contributed by atoms with E-state index in [2.05, 4.69) is 27.5 Å². The van der Waals surface area contributed by atoms with E-state index in [9.17, 15) is 10.2 Å². The lowest BCUT2D eigenvalue weighted by molar-refractivity contribution is -0.178. The normalized spacial score (nSPS) is 25.0. The summed E-state index contributed by atoms with van der Waals surface area (Å²) in [7, 11) is 0. The van der Waals surface area contributed by atoms with E-state index in [4.69, 9.17) is 9.47 Å². The van der Waals surface area contributed by atoms with Gasteiger partial charge in [-0.05, 0) is 90.4 Å². The molecule has 4 aromatic carbocycles. The minimum absolute atomic E-state index is 0.0413. The van der Waals surface area contributed by atoms with Gasteiger partial charge in [-0.2, -0.15) is 0 Å². The number of hydrogen-bond acceptors (Lipinski definition) is 9. The highest BCUT2D eigenvalue weighted by atomic mass is 16.6. The van der Waals surface area contributed by atoms with Crippen LogP contribution in [0.25, 0.3) is 0 Å². The van der Waals surface area contributed by atoms with E-state index in [1.165, 1.54) is 0 Å². The summed E-state index contributed by atoms with van der Waals surface area (Å²) in [5, 5.41) is 27.5. The summed E-state index contributed by atoms with van der Waals surface area (Å²) < 4.78 is 12.5. The van der Waals surface area contributed by atoms with Crippen LogP contribution in [0.5, 0.6) is 5.75 Å². The fraction of sp³-hybridized carbons (Fsp3) is 0.333. The topological polar surface area (TPSA) is 150 Å². The van der Waals surface area contributed by atoms with Gasteiger partial charge >= 0.3 is 5.97 Å². The Hall–Kier alpha value is -6.32. The summed E-state index contributed by atoms with van der Waals surface area (Å²) in [5.41, 5.74) is 1.73. The molecule has 4 heterocycles. The van der Waals surface area contributed by atoms with Crippen molar-refractivity contribution >= 4 is 23.5 Å². The summed E-state index contributed by atoms with van der Waals surface area (Å²) in [5.74, 6) is 4.04. The number of aliphatic hydroxyl groups is 2. The van der Waals surface area contributed by atoms with Crippen LogP contribution in [-0.2, 0) is 31.0 Å². The second kappa shape index (κ2) is 17.6. The number of cyclic esters (lactones) is 1. The Morgan fingerprint density at radius 1 is 0.855 bits per heavy atom. The number of pyridine rings is 1. The number of amides is 2. The summed E-state index contributed by atoms with van der Waals surface area (Å²) in [6.07, 6.45) is 6.33. The van der Waals surface area contributed by atoms with Crippen molar-refractivity contribution in [3.63, 3.8) is 0 Å². The maximum absolute atomic E-state index is 15.5. The van der Waals surface area contributed by atoms with Gasteiger partial charge in [-0.15, -0.1) is 0 Å². The number of carbonyl (C=O) groups excluding carboxylic acids is 3. The molecule has 5 aromatic rings. The summed E-state index contributed by atoms with van der Waals surface area (Å²) >= 11 is 0. The fourth-order valence-electron chi connectivity index (χ4n) is 10.2. The lowest BCUT2D eigenvalue weighted by atomic mass is 9.65. The van der Waals surface area contributed by atoms with Crippen LogP contribution < -0.4 is 15.4 Å². The van der Waals surface area contributed by atoms with Gasteiger partial charge in [0.2, 0.25) is 11.8 Å². The lowest BCUT2D eigenvalue weighted by Crippen LogP contribution is -2.55. The van der Waals surface area contributed by atoms with Crippen molar-refractivity contribution in [2.75, 3.05) is 25.1 Å². The van der Waals surface area contributed by atoms with Gasteiger partial charge in [0.25, 0.3) is 0 Å². The van der Waals surface area contributed by atoms with Gasteiger partial charge in [-0.25, -0.2) is 0 Å². The van der Waals surface area contributed by atoms with Crippen LogP contribution in [0.1, 0.15) is 90.2 Å². The predicted octanol–water partition coefficient (Wildman–Crippen LogP) is 6.52. The van der Waals surface area contributed by atoms with Gasteiger partial charge in [-0.3, -0.25) is 24.3 Å². The molecule has 1 aromatic heterocycles. The molecule has 4 aliphatic rings. The van der Waals surface area contributed by atoms with Crippen LogP contribution in [0.3, 0.4) is 0 Å². The molecule has 6 atom stereocenters. The molecule has 3 fully saturated rings. The predicted molar refractivity (Wildman–Crippen MR) is 233 cm³/mol. The number of esters is 1. The average Bonchev–Trinajstić information content (AvgIpc) is 3.67. The highest BCUT2D eigenvalue weighted by Gasteiger charge is 2.74. The van der Waals surface area contributed by atoms with E-state index in [0.717, 1.165) is 42.5 Å². The standard InChI is InChI=1S/C51H50N4O7/c56-30-31-61-39-20-13-18-37(33-39)46-51(40-32-34(21-22-41(40)54-49(51)59)23-27-50(60)25-10-1-2-11-26-50)42(47(57)53-29-24-38-19-9-12-28-52-38)44-48(58)62-45(36-16-7-4-8-17-36)43(55(44)46)35-14-5-3-6-15-35/h3-9,12-22,28,32-33,42-46,56,60H,1-2,10-11,24-26,29-31H2,(H,53,57)(H,54,59)/t42-,43-,44-,45+,46+,51-/m1/s1. The zero-order chi connectivity index (χ0) is 42.7. The van der Waals surface area contributed by atoms with Crippen LogP contribution >= 0.6 is 0 Å². The number of nitrogens with zero attached hydrogens (tertiary/aromatic N) is 2. The molecule has 1 spiro atoms. The lowest BCUT2D eigenvalue weighted by Gasteiger charge is -2.46. The Bertz CT molecular complexity index is 2480. The maximum Gasteiger partial charge on any atom is 0.324 e. The number of benzene rings is 4. The Labute approximate surface area is 361 Å². The van der Waals surface area contributed by atoms with Crippen LogP contribution in [0.2, 0.25) is 0 Å². The number of rotatable bonds is 10. The minimum Gasteiger partial charge on any atom is -0.491 e. The van der Waals surface area contributed by atoms with Crippen molar-refractivity contribution in [2.24, 2.45) is 5.92 Å². The zero-order valence-electron chi connectivity index (χ0n) is 34.4. The third-order valence-corrected chi connectivity index (χ3v) is 12.9. The highest BCUT2D eigenvalue weighted by Crippen LogP contribution is 2.65. The molecule has 1 saturated carbocycles. The third-order valence-electron chi connectivity index (χ3n) is 12.9. The number of fused-ring (bicyclic) bond motifs is 3. The van der Waals surface area contributed by atoms with E-state index in [-0.39, 0.29) is 19.8 Å². The second-order valence-electron chi connectivity index (χ2n) is 16.7. The third kappa shape index (κ3) is 7.64. The van der Waals surface area contributed by atoms with E-state index < -0.39 is 58.9 Å². The van der Waals surface area contributed by atoms with Gasteiger partial charge in [0.05, 0.1) is 24.6 Å². The van der Waals surface area contributed by atoms with Crippen molar-refractivity contribution in [1.82, 2.24) is 15.2 Å². The molecule has 4 N–H and O–H groups in total. The molecule has 9 rings (SSSR count). The Morgan fingerprint density at radius 2 is 1.58 bits per heavy atom. The van der Waals surface area contributed by atoms with Crippen molar-refractivity contribution in [1.29, 1.82) is 0 Å². The smallest absolute Gasteiger partial charge is 0.324 e. The van der Waals surface area contributed by atoms with Crippen molar-refractivity contribution < 1.29 is 34.1 Å². The zero-order valence-corrected chi connectivity index (χ0v) is 34.4. The first-order valence-electron chi connectivity index (χ1n) is 21.6. The molecule has 11 nitrogen and oxygen atoms in total. The molecule has 3 aliphatic heterocycles. The monoisotopic (exact) mass is 830 g/mol. The van der Waals surface area contributed by atoms with Crippen LogP contribution in [-0.4, -0.2) is 69.3 Å². The van der Waals surface area contributed by atoms with Gasteiger partial charge in [0.1, 0.15) is 35.5 Å². The van der Waals surface area contributed by atoms with Gasteiger partial charge in [0.15, 0.2) is 0 Å². The number of morpholine rings is 1. The van der Waals surface area contributed by atoms with E-state index in [1.807, 2.05) is 114 Å². The van der Waals surface area contributed by atoms with Crippen LogP contribution in [0.4, 0.5) is 5.69 Å². The Balaban J connectivity index is 1.27. The minimum atomic E-state index is -1.72. The van der Waals surface area contributed by atoms with E-state index >= 15 is 14.4 Å². The quantitative estimate of drug-likeness (QED) is 0.0702. The summed E-state index contributed by atoms with van der Waals surface area (Å²) in [6.45, 7) is 0.0360. The van der Waals surface area contributed by atoms with Gasteiger partial charge in [-0.1, -0.05) is 104 Å². The average molecular weight is 831 g/mol. The molecule has 62 heavy (non-hydrogen) atoms. The number of nitrogens with one attached hydrogen (secondary N) is 2. The number of ether oxygens (including phenoxy) is 2. The molecule has 2 saturated heterocycles. The van der Waals surface area contributed by atoms with Gasteiger partial charge in [0, 0.05) is 36.1 Å². The van der Waals surface area contributed by atoms with E-state index in [0.29, 0.717) is 47.4 Å². The number of anilines is 1. The first-order valence-corrected chi connectivity index (χ1v) is 21.6. The maximum atomic E-state index is 15.5. The molecule has 0 unspecified atom stereocenters. The molecular formula is C51H50N4O7. The van der Waals surface area contributed by atoms with Crippen LogP contribution in [0.15, 0.2) is 128 Å². The summed E-state index contributed by atoms with van der Waals surface area (Å²) in [6, 6.07) is 34.8. The van der Waals surface area contributed by atoms with E-state index in [1.54, 1.807) is 18.3 Å². The fourth-order valence-corrected chi connectivity index (χ4v) is 10.2. The molecule has 2 amide bonds. The molecule has 11 heteroatoms. The highest BCUT2D eigenvalue weighted by molar-refractivity contribution is 6.12. The number of aliphatic hydroxyl groups excluding tert-OH is 1. The Morgan fingerprint density at radius 3 is 2.31 bits per heavy atom. The number of aromatic nitrogens is 1. The van der Waals surface area contributed by atoms with Gasteiger partial charge < -0.3 is 30.3 Å². The molecule has 0 bridgehead atoms. The van der Waals surface area contributed by atoms with Crippen molar-refractivity contribution in [3.8, 4) is 17.6 Å². The SMILES string of the molecule is O=C1O[C@@H](c2ccccc2)[C@@H](c2ccccc2)N2[C@@H](c3cccc(OCCO)c3)[C@]3(C(=O)Nc4ccc(C#CC5(O)CCCCCC5)cc43)[C@@H](C(=O)NCCc3ccccn3)[C@H]12. The number of hydrogen-bond donors (Lipinski definition) is 4. The second-order valence-corrected chi connectivity index (χ2v) is 16.7. The first-order chi connectivity index (χ1) is 30.3. The van der Waals surface area contributed by atoms with Crippen molar-refractivity contribution in [2.45, 2.75) is 80.2 Å². The number of carbonyl (C=O) groups is 3. The molecular weight excluding hydrogens is 781 g/mol. The Kier molecular flexibility index (Phi) is 11.6. The molecule has 316 valence electrons. The van der Waals surface area contributed by atoms with Crippen LogP contribution in [0, 0.1) is 17.8 Å². The molecule has 0 radical (unpaired) electrons. The summed E-state index contributed by atoms with van der Waals surface area (Å²) in [4.78, 5) is 52.5. The largest absolute Gasteiger partial charge is 0.491 e. The van der Waals surface area contributed by atoms with Crippen molar-refractivity contribution in [3.05, 3.63) is 161 Å². The molecule has 1 aliphatic carbocycles.